The molecular formula is C12H11BrN2S. The summed E-state index contributed by atoms with van der Waals surface area (Å²) in [5, 5.41) is 3.24. The summed E-state index contributed by atoms with van der Waals surface area (Å²) >= 11 is 5.09. The van der Waals surface area contributed by atoms with Crippen molar-refractivity contribution in [2.75, 3.05) is 11.6 Å². The first-order valence-corrected chi connectivity index (χ1v) is 6.82. The van der Waals surface area contributed by atoms with E-state index in [-0.39, 0.29) is 0 Å². The molecule has 0 aliphatic heterocycles. The minimum atomic E-state index is 0.847. The Morgan fingerprint density at radius 3 is 2.44 bits per heavy atom. The zero-order chi connectivity index (χ0) is 11.4. The predicted molar refractivity (Wildman–Crippen MR) is 73.4 cm³/mol. The summed E-state index contributed by atoms with van der Waals surface area (Å²) in [6, 6.07) is 12.2. The Morgan fingerprint density at radius 1 is 1.12 bits per heavy atom. The number of aromatic nitrogens is 1. The van der Waals surface area contributed by atoms with Gasteiger partial charge in [-0.05, 0) is 58.6 Å². The normalized spacial score (nSPS) is 10.1. The van der Waals surface area contributed by atoms with Crippen molar-refractivity contribution in [3.8, 4) is 0 Å². The summed E-state index contributed by atoms with van der Waals surface area (Å²) in [6.07, 6.45) is 3.84. The molecule has 1 heterocycles. The summed E-state index contributed by atoms with van der Waals surface area (Å²) in [5.74, 6) is 0.847. The van der Waals surface area contributed by atoms with Crippen molar-refractivity contribution in [2.45, 2.75) is 4.90 Å². The first-order chi connectivity index (χ1) is 7.78. The molecule has 4 heteroatoms. The van der Waals surface area contributed by atoms with Gasteiger partial charge in [0.05, 0.1) is 0 Å². The number of hydrogen-bond donors (Lipinski definition) is 1. The SMILES string of the molecule is CSc1ccc(Nc2ccc(Br)cn2)cc1. The van der Waals surface area contributed by atoms with Crippen molar-refractivity contribution in [3.63, 3.8) is 0 Å². The number of thioether (sulfide) groups is 1. The average Bonchev–Trinajstić information content (AvgIpc) is 2.33. The number of rotatable bonds is 3. The van der Waals surface area contributed by atoms with Gasteiger partial charge >= 0.3 is 0 Å². The second-order valence-electron chi connectivity index (χ2n) is 3.22. The fourth-order valence-corrected chi connectivity index (χ4v) is 1.91. The highest BCUT2D eigenvalue weighted by Crippen LogP contribution is 2.20. The van der Waals surface area contributed by atoms with Crippen molar-refractivity contribution in [2.24, 2.45) is 0 Å². The van der Waals surface area contributed by atoms with Crippen LogP contribution in [0.4, 0.5) is 11.5 Å². The quantitative estimate of drug-likeness (QED) is 0.854. The third-order valence-electron chi connectivity index (χ3n) is 2.09. The lowest BCUT2D eigenvalue weighted by atomic mass is 10.3. The van der Waals surface area contributed by atoms with E-state index in [1.54, 1.807) is 18.0 Å². The van der Waals surface area contributed by atoms with Gasteiger partial charge < -0.3 is 5.32 Å². The number of halogens is 1. The van der Waals surface area contributed by atoms with E-state index >= 15 is 0 Å². The van der Waals surface area contributed by atoms with Gasteiger partial charge in [-0.2, -0.15) is 0 Å². The monoisotopic (exact) mass is 294 g/mol. The first kappa shape index (κ1) is 11.5. The van der Waals surface area contributed by atoms with E-state index < -0.39 is 0 Å². The molecule has 0 radical (unpaired) electrons. The van der Waals surface area contributed by atoms with E-state index in [1.807, 2.05) is 12.1 Å². The standard InChI is InChI=1S/C12H11BrN2S/c1-16-11-5-3-10(4-6-11)15-12-7-2-9(13)8-14-12/h2-8H,1H3,(H,14,15). The predicted octanol–water partition coefficient (Wildman–Crippen LogP) is 4.31. The topological polar surface area (TPSA) is 24.9 Å². The molecule has 0 spiro atoms. The van der Waals surface area contributed by atoms with Crippen LogP contribution in [-0.4, -0.2) is 11.2 Å². The number of anilines is 2. The average molecular weight is 295 g/mol. The molecule has 0 saturated carbocycles. The van der Waals surface area contributed by atoms with Gasteiger partial charge in [0.25, 0.3) is 0 Å². The number of nitrogens with one attached hydrogen (secondary N) is 1. The van der Waals surface area contributed by atoms with Gasteiger partial charge in [0.1, 0.15) is 5.82 Å². The van der Waals surface area contributed by atoms with Gasteiger partial charge in [0.15, 0.2) is 0 Å². The second-order valence-corrected chi connectivity index (χ2v) is 5.01. The summed E-state index contributed by atoms with van der Waals surface area (Å²) in [6.45, 7) is 0. The van der Waals surface area contributed by atoms with Crippen LogP contribution in [0.15, 0.2) is 52.0 Å². The Bertz CT molecular complexity index is 453. The Kier molecular flexibility index (Phi) is 3.85. The van der Waals surface area contributed by atoms with Crippen molar-refractivity contribution >= 4 is 39.2 Å². The van der Waals surface area contributed by atoms with Crippen LogP contribution in [0.5, 0.6) is 0 Å². The molecule has 0 bridgehead atoms. The summed E-state index contributed by atoms with van der Waals surface area (Å²) in [4.78, 5) is 5.51. The molecule has 0 fully saturated rings. The lowest BCUT2D eigenvalue weighted by molar-refractivity contribution is 1.29. The number of nitrogens with zero attached hydrogens (tertiary/aromatic N) is 1. The second kappa shape index (κ2) is 5.37. The van der Waals surface area contributed by atoms with Crippen LogP contribution >= 0.6 is 27.7 Å². The van der Waals surface area contributed by atoms with Crippen LogP contribution in [0.2, 0.25) is 0 Å². The molecule has 1 aromatic heterocycles. The number of benzene rings is 1. The Morgan fingerprint density at radius 2 is 1.88 bits per heavy atom. The largest absolute Gasteiger partial charge is 0.340 e. The molecule has 0 aliphatic rings. The first-order valence-electron chi connectivity index (χ1n) is 4.80. The highest BCUT2D eigenvalue weighted by Gasteiger charge is 1.96. The Hall–Kier alpha value is -1.00. The highest BCUT2D eigenvalue weighted by atomic mass is 79.9. The van der Waals surface area contributed by atoms with Crippen molar-refractivity contribution in [1.82, 2.24) is 4.98 Å². The van der Waals surface area contributed by atoms with Gasteiger partial charge in [-0.25, -0.2) is 4.98 Å². The fourth-order valence-electron chi connectivity index (χ4n) is 1.27. The van der Waals surface area contributed by atoms with Gasteiger partial charge in [-0.15, -0.1) is 11.8 Å². The molecule has 82 valence electrons. The van der Waals surface area contributed by atoms with Crippen LogP contribution in [0, 0.1) is 0 Å². The zero-order valence-corrected chi connectivity index (χ0v) is 11.2. The van der Waals surface area contributed by atoms with Gasteiger partial charge in [0.2, 0.25) is 0 Å². The van der Waals surface area contributed by atoms with E-state index in [1.165, 1.54) is 4.90 Å². The van der Waals surface area contributed by atoms with E-state index in [2.05, 4.69) is 56.8 Å². The van der Waals surface area contributed by atoms with Crippen molar-refractivity contribution in [3.05, 3.63) is 47.1 Å². The molecule has 16 heavy (non-hydrogen) atoms. The van der Waals surface area contributed by atoms with E-state index in [4.69, 9.17) is 0 Å². The Labute approximate surface area is 108 Å². The van der Waals surface area contributed by atoms with Gasteiger partial charge in [-0.3, -0.25) is 0 Å². The summed E-state index contributed by atoms with van der Waals surface area (Å²) in [5.41, 5.74) is 1.05. The van der Waals surface area contributed by atoms with Crippen LogP contribution in [-0.2, 0) is 0 Å². The fraction of sp³-hybridized carbons (Fsp3) is 0.0833. The molecule has 0 aliphatic carbocycles. The van der Waals surface area contributed by atoms with Crippen LogP contribution in [0.25, 0.3) is 0 Å². The van der Waals surface area contributed by atoms with Crippen LogP contribution in [0.3, 0.4) is 0 Å². The van der Waals surface area contributed by atoms with E-state index in [0.29, 0.717) is 0 Å². The third kappa shape index (κ3) is 3.00. The lowest BCUT2D eigenvalue weighted by Crippen LogP contribution is -1.92. The highest BCUT2D eigenvalue weighted by molar-refractivity contribution is 9.10. The zero-order valence-electron chi connectivity index (χ0n) is 8.77. The lowest BCUT2D eigenvalue weighted by Gasteiger charge is -2.05. The minimum absolute atomic E-state index is 0.847. The maximum absolute atomic E-state index is 4.25. The van der Waals surface area contributed by atoms with Gasteiger partial charge in [-0.1, -0.05) is 0 Å². The minimum Gasteiger partial charge on any atom is -0.340 e. The molecule has 0 atom stereocenters. The molecule has 2 rings (SSSR count). The van der Waals surface area contributed by atoms with Crippen molar-refractivity contribution < 1.29 is 0 Å². The van der Waals surface area contributed by atoms with E-state index in [9.17, 15) is 0 Å². The smallest absolute Gasteiger partial charge is 0.130 e. The van der Waals surface area contributed by atoms with Gasteiger partial charge in [0, 0.05) is 21.3 Å². The number of pyridine rings is 1. The maximum atomic E-state index is 4.25. The molecule has 1 N–H and O–H groups in total. The molecule has 1 aromatic carbocycles. The molecule has 2 nitrogen and oxygen atoms in total. The van der Waals surface area contributed by atoms with E-state index in [0.717, 1.165) is 16.0 Å². The molecular weight excluding hydrogens is 284 g/mol. The van der Waals surface area contributed by atoms with Crippen molar-refractivity contribution in [1.29, 1.82) is 0 Å². The Balaban J connectivity index is 2.11. The molecule has 0 unspecified atom stereocenters. The molecule has 0 saturated heterocycles. The number of hydrogen-bond acceptors (Lipinski definition) is 3. The third-order valence-corrected chi connectivity index (χ3v) is 3.30. The van der Waals surface area contributed by atoms with Crippen LogP contribution < -0.4 is 5.32 Å². The molecule has 2 aromatic rings. The summed E-state index contributed by atoms with van der Waals surface area (Å²) in [7, 11) is 0. The molecule has 0 amide bonds. The maximum Gasteiger partial charge on any atom is 0.130 e. The van der Waals surface area contributed by atoms with Crippen LogP contribution in [0.1, 0.15) is 0 Å². The summed E-state index contributed by atoms with van der Waals surface area (Å²) < 4.78 is 0.982.